The zero-order chi connectivity index (χ0) is 14.7. The van der Waals surface area contributed by atoms with Gasteiger partial charge in [-0.1, -0.05) is 23.2 Å². The molecule has 0 fully saturated rings. The summed E-state index contributed by atoms with van der Waals surface area (Å²) in [6.07, 6.45) is 2.95. The predicted molar refractivity (Wildman–Crippen MR) is 82.2 cm³/mol. The zero-order valence-electron chi connectivity index (χ0n) is 11.1. The summed E-state index contributed by atoms with van der Waals surface area (Å²) in [4.78, 5) is 15.7. The summed E-state index contributed by atoms with van der Waals surface area (Å²) in [5, 5.41) is 1.96. The van der Waals surface area contributed by atoms with Crippen LogP contribution >= 0.6 is 23.2 Å². The Labute approximate surface area is 127 Å². The van der Waals surface area contributed by atoms with Gasteiger partial charge in [-0.3, -0.25) is 0 Å². The number of carbonyl (C=O) groups is 1. The molecule has 0 aliphatic rings. The van der Waals surface area contributed by atoms with Crippen molar-refractivity contribution in [3.8, 4) is 0 Å². The number of rotatable bonds is 3. The number of aryl methyl sites for hydroxylation is 1. The van der Waals surface area contributed by atoms with Crippen molar-refractivity contribution in [3.05, 3.63) is 45.6 Å². The van der Waals surface area contributed by atoms with Crippen molar-refractivity contribution in [1.82, 2.24) is 4.98 Å². The third-order valence-electron chi connectivity index (χ3n) is 2.74. The van der Waals surface area contributed by atoms with Crippen molar-refractivity contribution in [3.63, 3.8) is 0 Å². The van der Waals surface area contributed by atoms with E-state index >= 15 is 0 Å². The Morgan fingerprint density at radius 3 is 2.80 bits per heavy atom. The van der Waals surface area contributed by atoms with Crippen molar-refractivity contribution >= 4 is 46.2 Å². The van der Waals surface area contributed by atoms with Crippen LogP contribution in [-0.2, 0) is 9.53 Å². The minimum atomic E-state index is -0.394. The second-order valence-corrected chi connectivity index (χ2v) is 5.08. The number of hydrogen-bond donors (Lipinski definition) is 0. The first-order valence-electron chi connectivity index (χ1n) is 6.12. The second-order valence-electron chi connectivity index (χ2n) is 4.23. The summed E-state index contributed by atoms with van der Waals surface area (Å²) >= 11 is 12.1. The molecule has 1 aromatic carbocycles. The highest BCUT2D eigenvalue weighted by atomic mass is 35.5. The fraction of sp³-hybridized carbons (Fsp3) is 0.200. The number of benzene rings is 1. The molecule has 2 aromatic rings. The maximum absolute atomic E-state index is 11.3. The minimum absolute atomic E-state index is 0.345. The number of ether oxygens (including phenoxy) is 1. The Morgan fingerprint density at radius 1 is 1.35 bits per heavy atom. The second kappa shape index (κ2) is 6.25. The van der Waals surface area contributed by atoms with Gasteiger partial charge < -0.3 is 4.74 Å². The van der Waals surface area contributed by atoms with Gasteiger partial charge in [0.15, 0.2) is 0 Å². The molecule has 5 heteroatoms. The van der Waals surface area contributed by atoms with Crippen LogP contribution in [0.1, 0.15) is 18.2 Å². The largest absolute Gasteiger partial charge is 0.463 e. The number of aromatic nitrogens is 1. The summed E-state index contributed by atoms with van der Waals surface area (Å²) in [6, 6.07) is 5.34. The topological polar surface area (TPSA) is 39.2 Å². The first-order valence-corrected chi connectivity index (χ1v) is 6.88. The van der Waals surface area contributed by atoms with Crippen LogP contribution < -0.4 is 0 Å². The molecule has 0 aliphatic carbocycles. The van der Waals surface area contributed by atoms with Gasteiger partial charge in [0.2, 0.25) is 0 Å². The Balaban J connectivity index is 2.45. The molecule has 0 spiro atoms. The van der Waals surface area contributed by atoms with Gasteiger partial charge in [0.25, 0.3) is 0 Å². The van der Waals surface area contributed by atoms with Crippen molar-refractivity contribution in [1.29, 1.82) is 0 Å². The van der Waals surface area contributed by atoms with Crippen LogP contribution in [0.25, 0.3) is 17.0 Å². The van der Waals surface area contributed by atoms with Crippen LogP contribution in [0, 0.1) is 6.92 Å². The fourth-order valence-corrected chi connectivity index (χ4v) is 2.41. The van der Waals surface area contributed by atoms with Crippen LogP contribution in [0.15, 0.2) is 24.3 Å². The summed E-state index contributed by atoms with van der Waals surface area (Å²) in [5.41, 5.74) is 2.30. The molecule has 104 valence electrons. The van der Waals surface area contributed by atoms with Crippen LogP contribution in [0.5, 0.6) is 0 Å². The molecule has 0 saturated heterocycles. The Kier molecular flexibility index (Phi) is 4.63. The lowest BCUT2D eigenvalue weighted by Crippen LogP contribution is -1.99. The number of carbonyl (C=O) groups excluding carboxylic acids is 1. The average molecular weight is 310 g/mol. The molecule has 20 heavy (non-hydrogen) atoms. The molecule has 1 aromatic heterocycles. The number of pyridine rings is 1. The molecule has 0 aliphatic heterocycles. The standard InChI is InChI=1S/C15H13Cl2NO2/c1-3-20-14(19)5-4-11-6-9(2)12-7-10(16)8-13(17)15(12)18-11/h4-8H,3H2,1-2H3/b5-4+. The molecule has 0 bridgehead atoms. The van der Waals surface area contributed by atoms with Gasteiger partial charge in [0, 0.05) is 16.5 Å². The normalized spacial score (nSPS) is 11.2. The van der Waals surface area contributed by atoms with Crippen LogP contribution in [0.3, 0.4) is 0 Å². The van der Waals surface area contributed by atoms with Gasteiger partial charge in [0.05, 0.1) is 22.8 Å². The maximum atomic E-state index is 11.3. The van der Waals surface area contributed by atoms with E-state index in [0.29, 0.717) is 27.9 Å². The molecule has 2 rings (SSSR count). The summed E-state index contributed by atoms with van der Waals surface area (Å²) in [6.45, 7) is 4.05. The molecule has 1 heterocycles. The van der Waals surface area contributed by atoms with Crippen molar-refractivity contribution < 1.29 is 9.53 Å². The molecule has 0 unspecified atom stereocenters. The highest BCUT2D eigenvalue weighted by molar-refractivity contribution is 6.38. The van der Waals surface area contributed by atoms with Gasteiger partial charge in [-0.25, -0.2) is 9.78 Å². The highest BCUT2D eigenvalue weighted by Crippen LogP contribution is 2.29. The van der Waals surface area contributed by atoms with E-state index in [0.717, 1.165) is 10.9 Å². The minimum Gasteiger partial charge on any atom is -0.463 e. The first kappa shape index (κ1) is 14.8. The third kappa shape index (κ3) is 3.30. The third-order valence-corrected chi connectivity index (χ3v) is 3.24. The SMILES string of the molecule is CCOC(=O)/C=C/c1cc(C)c2cc(Cl)cc(Cl)c2n1. The number of nitrogens with zero attached hydrogens (tertiary/aromatic N) is 1. The smallest absolute Gasteiger partial charge is 0.330 e. The molecular formula is C15H13Cl2NO2. The Hall–Kier alpha value is -1.58. The van der Waals surface area contributed by atoms with Crippen molar-refractivity contribution in [2.24, 2.45) is 0 Å². The van der Waals surface area contributed by atoms with Gasteiger partial charge in [-0.05, 0) is 43.7 Å². The van der Waals surface area contributed by atoms with E-state index < -0.39 is 5.97 Å². The average Bonchev–Trinajstić information content (AvgIpc) is 2.38. The van der Waals surface area contributed by atoms with Gasteiger partial charge in [-0.2, -0.15) is 0 Å². The monoisotopic (exact) mass is 309 g/mol. The number of esters is 1. The van der Waals surface area contributed by atoms with Crippen molar-refractivity contribution in [2.45, 2.75) is 13.8 Å². The lowest BCUT2D eigenvalue weighted by molar-refractivity contribution is -0.137. The molecule has 0 amide bonds. The van der Waals surface area contributed by atoms with E-state index in [1.54, 1.807) is 19.1 Å². The van der Waals surface area contributed by atoms with Gasteiger partial charge in [-0.15, -0.1) is 0 Å². The van der Waals surface area contributed by atoms with E-state index in [1.807, 2.05) is 19.1 Å². The zero-order valence-corrected chi connectivity index (χ0v) is 12.6. The van der Waals surface area contributed by atoms with Gasteiger partial charge >= 0.3 is 5.97 Å². The molecule has 0 N–H and O–H groups in total. The number of halogens is 2. The number of fused-ring (bicyclic) bond motifs is 1. The Morgan fingerprint density at radius 2 is 2.10 bits per heavy atom. The van der Waals surface area contributed by atoms with Crippen LogP contribution in [0.4, 0.5) is 0 Å². The molecule has 0 saturated carbocycles. The highest BCUT2D eigenvalue weighted by Gasteiger charge is 2.07. The maximum Gasteiger partial charge on any atom is 0.330 e. The lowest BCUT2D eigenvalue weighted by atomic mass is 10.1. The molecule has 0 atom stereocenters. The summed E-state index contributed by atoms with van der Waals surface area (Å²) < 4.78 is 4.82. The molecular weight excluding hydrogens is 297 g/mol. The van der Waals surface area contributed by atoms with Crippen molar-refractivity contribution in [2.75, 3.05) is 6.61 Å². The van der Waals surface area contributed by atoms with E-state index in [4.69, 9.17) is 27.9 Å². The van der Waals surface area contributed by atoms with Crippen LogP contribution in [-0.4, -0.2) is 17.6 Å². The summed E-state index contributed by atoms with van der Waals surface area (Å²) in [5.74, 6) is -0.394. The quantitative estimate of drug-likeness (QED) is 0.622. The fourth-order valence-electron chi connectivity index (χ4n) is 1.87. The molecule has 0 radical (unpaired) electrons. The van der Waals surface area contributed by atoms with Gasteiger partial charge in [0.1, 0.15) is 0 Å². The lowest BCUT2D eigenvalue weighted by Gasteiger charge is -2.06. The number of hydrogen-bond acceptors (Lipinski definition) is 3. The molecule has 3 nitrogen and oxygen atoms in total. The Bertz CT molecular complexity index is 696. The van der Waals surface area contributed by atoms with E-state index in [9.17, 15) is 4.79 Å². The van der Waals surface area contributed by atoms with Crippen LogP contribution in [0.2, 0.25) is 10.0 Å². The summed E-state index contributed by atoms with van der Waals surface area (Å²) in [7, 11) is 0. The predicted octanol–water partition coefficient (Wildman–Crippen LogP) is 4.43. The van der Waals surface area contributed by atoms with E-state index in [2.05, 4.69) is 4.98 Å². The van der Waals surface area contributed by atoms with E-state index in [-0.39, 0.29) is 0 Å². The first-order chi connectivity index (χ1) is 9.51. The van der Waals surface area contributed by atoms with E-state index in [1.165, 1.54) is 6.08 Å².